The molecule has 172 valence electrons. The van der Waals surface area contributed by atoms with Gasteiger partial charge in [0.25, 0.3) is 0 Å². The van der Waals surface area contributed by atoms with Crippen LogP contribution in [0.3, 0.4) is 0 Å². The normalized spacial score (nSPS) is 17.2. The first kappa shape index (κ1) is 21.7. The number of hydrogen-bond donors (Lipinski definition) is 2. The first-order valence-corrected chi connectivity index (χ1v) is 12.4. The molecule has 2 N–H and O–H groups in total. The number of rotatable bonds is 4. The highest BCUT2D eigenvalue weighted by Gasteiger charge is 2.43. The molecule has 1 saturated heterocycles. The smallest absolute Gasteiger partial charge is 0.243 e. The molecule has 0 unspecified atom stereocenters. The van der Waals surface area contributed by atoms with Crippen molar-refractivity contribution in [2.75, 3.05) is 23.7 Å². The summed E-state index contributed by atoms with van der Waals surface area (Å²) in [6.45, 7) is 2.42. The third-order valence-corrected chi connectivity index (χ3v) is 8.42. The molecule has 1 amide bonds. The van der Waals surface area contributed by atoms with Crippen molar-refractivity contribution in [2.45, 2.75) is 36.6 Å². The highest BCUT2D eigenvalue weighted by atomic mass is 32.2. The lowest BCUT2D eigenvalue weighted by atomic mass is 9.83. The predicted molar refractivity (Wildman–Crippen MR) is 124 cm³/mol. The number of carbonyl (C=O) groups excluding carboxylic acids is 1. The summed E-state index contributed by atoms with van der Waals surface area (Å²) in [5.74, 6) is -0.441. The molecule has 2 aromatic carbocycles. The molecule has 2 aliphatic rings. The van der Waals surface area contributed by atoms with Crippen LogP contribution in [0.25, 0.3) is 5.69 Å². The molecule has 0 aliphatic carbocycles. The van der Waals surface area contributed by atoms with Gasteiger partial charge >= 0.3 is 0 Å². The van der Waals surface area contributed by atoms with E-state index in [4.69, 9.17) is 0 Å². The molecule has 3 heterocycles. The van der Waals surface area contributed by atoms with Crippen LogP contribution in [-0.2, 0) is 20.4 Å². The fourth-order valence-corrected chi connectivity index (χ4v) is 6.16. The van der Waals surface area contributed by atoms with Crippen LogP contribution in [0.15, 0.2) is 65.7 Å². The molecule has 1 spiro atoms. The summed E-state index contributed by atoms with van der Waals surface area (Å²) in [5, 5.41) is 6.24. The maximum Gasteiger partial charge on any atom is 0.243 e. The summed E-state index contributed by atoms with van der Waals surface area (Å²) in [4.78, 5) is 11.8. The third kappa shape index (κ3) is 3.71. The van der Waals surface area contributed by atoms with Crippen molar-refractivity contribution in [1.29, 1.82) is 0 Å². The van der Waals surface area contributed by atoms with Crippen LogP contribution in [0, 0.1) is 5.82 Å². The molecule has 7 nitrogen and oxygen atoms in total. The summed E-state index contributed by atoms with van der Waals surface area (Å²) in [7, 11) is -3.67. The van der Waals surface area contributed by atoms with Gasteiger partial charge in [-0.2, -0.15) is 4.31 Å². The first-order chi connectivity index (χ1) is 15.8. The quantitative estimate of drug-likeness (QED) is 0.605. The Kier molecular flexibility index (Phi) is 5.25. The second kappa shape index (κ2) is 8.00. The zero-order valence-electron chi connectivity index (χ0n) is 18.2. The van der Waals surface area contributed by atoms with Crippen LogP contribution in [0.4, 0.5) is 15.8 Å². The molecule has 1 aromatic heterocycles. The molecule has 0 radical (unpaired) electrons. The fourth-order valence-electron chi connectivity index (χ4n) is 4.72. The van der Waals surface area contributed by atoms with Crippen LogP contribution in [0.2, 0.25) is 0 Å². The predicted octanol–water partition coefficient (Wildman–Crippen LogP) is 4.07. The van der Waals surface area contributed by atoms with E-state index < -0.39 is 15.6 Å². The lowest BCUT2D eigenvalue weighted by Gasteiger charge is -2.45. The molecule has 0 bridgehead atoms. The molecule has 5 rings (SSSR count). The van der Waals surface area contributed by atoms with Crippen LogP contribution in [0.1, 0.15) is 31.9 Å². The van der Waals surface area contributed by atoms with Crippen LogP contribution >= 0.6 is 0 Å². The van der Waals surface area contributed by atoms with Crippen LogP contribution in [0.5, 0.6) is 0 Å². The van der Waals surface area contributed by atoms with Crippen molar-refractivity contribution < 1.29 is 17.6 Å². The summed E-state index contributed by atoms with van der Waals surface area (Å²) in [5.41, 5.74) is 2.74. The molecule has 9 heteroatoms. The highest BCUT2D eigenvalue weighted by molar-refractivity contribution is 7.89. The number of fused-ring (bicyclic) bond motifs is 4. The van der Waals surface area contributed by atoms with Gasteiger partial charge in [-0.3, -0.25) is 4.79 Å². The van der Waals surface area contributed by atoms with E-state index in [1.807, 2.05) is 18.3 Å². The first-order valence-electron chi connectivity index (χ1n) is 11.0. The molecule has 2 aliphatic heterocycles. The van der Waals surface area contributed by atoms with Gasteiger partial charge in [0.15, 0.2) is 0 Å². The minimum absolute atomic E-state index is 0.127. The average molecular weight is 469 g/mol. The van der Waals surface area contributed by atoms with E-state index in [2.05, 4.69) is 15.2 Å². The molecule has 1 fully saturated rings. The summed E-state index contributed by atoms with van der Waals surface area (Å²) in [6, 6.07) is 14.9. The van der Waals surface area contributed by atoms with Crippen molar-refractivity contribution in [3.05, 3.63) is 72.3 Å². The standard InChI is InChI=1S/C24H25FN4O3S/c1-2-23(30)26-18-6-8-19(9-7-18)33(31,32)28-14-11-24(12-15-28)22-4-3-13-29(22)21-10-5-17(25)16-20(21)27-24/h3-10,13,16,27H,2,11-12,14-15H2,1H3,(H,26,30). The minimum atomic E-state index is -3.67. The molecule has 0 atom stereocenters. The average Bonchev–Trinajstić information content (AvgIpc) is 3.31. The van der Waals surface area contributed by atoms with E-state index in [-0.39, 0.29) is 16.6 Å². The van der Waals surface area contributed by atoms with Crippen molar-refractivity contribution in [3.63, 3.8) is 0 Å². The Morgan fingerprint density at radius 3 is 2.55 bits per heavy atom. The van der Waals surface area contributed by atoms with E-state index in [1.54, 1.807) is 25.1 Å². The minimum Gasteiger partial charge on any atom is -0.372 e. The third-order valence-electron chi connectivity index (χ3n) is 6.50. The SMILES string of the molecule is CCC(=O)Nc1ccc(S(=O)(=O)N2CCC3(CC2)Nc2cc(F)ccc2-n2cccc23)cc1. The zero-order valence-corrected chi connectivity index (χ0v) is 19.0. The number of anilines is 2. The van der Waals surface area contributed by atoms with E-state index in [1.165, 1.54) is 28.6 Å². The van der Waals surface area contributed by atoms with Gasteiger partial charge in [0.05, 0.1) is 21.8 Å². The van der Waals surface area contributed by atoms with Gasteiger partial charge in [-0.15, -0.1) is 0 Å². The van der Waals surface area contributed by atoms with Crippen molar-refractivity contribution in [1.82, 2.24) is 8.87 Å². The number of benzene rings is 2. The zero-order chi connectivity index (χ0) is 23.2. The van der Waals surface area contributed by atoms with Gasteiger partial charge in [-0.05, 0) is 67.4 Å². The van der Waals surface area contributed by atoms with Gasteiger partial charge in [-0.25, -0.2) is 12.8 Å². The number of amides is 1. The van der Waals surface area contributed by atoms with Gasteiger partial charge < -0.3 is 15.2 Å². The number of hydrogen-bond acceptors (Lipinski definition) is 4. The number of halogens is 1. The second-order valence-corrected chi connectivity index (χ2v) is 10.4. The summed E-state index contributed by atoms with van der Waals surface area (Å²) < 4.78 is 44.0. The highest BCUT2D eigenvalue weighted by Crippen LogP contribution is 2.44. The topological polar surface area (TPSA) is 83.4 Å². The number of nitrogens with one attached hydrogen (secondary N) is 2. The number of carbonyl (C=O) groups is 1. The fraction of sp³-hybridized carbons (Fsp3) is 0.292. The Labute approximate surface area is 192 Å². The van der Waals surface area contributed by atoms with Gasteiger partial charge in [-0.1, -0.05) is 6.92 Å². The van der Waals surface area contributed by atoms with Gasteiger partial charge in [0, 0.05) is 37.1 Å². The molecule has 33 heavy (non-hydrogen) atoms. The van der Waals surface area contributed by atoms with Crippen LogP contribution < -0.4 is 10.6 Å². The number of aromatic nitrogens is 1. The Morgan fingerprint density at radius 1 is 1.12 bits per heavy atom. The van der Waals surface area contributed by atoms with E-state index >= 15 is 0 Å². The van der Waals surface area contributed by atoms with Gasteiger partial charge in [0.1, 0.15) is 5.82 Å². The maximum absolute atomic E-state index is 13.9. The van der Waals surface area contributed by atoms with Crippen molar-refractivity contribution in [3.8, 4) is 5.69 Å². The van der Waals surface area contributed by atoms with Crippen molar-refractivity contribution >= 4 is 27.3 Å². The molecular formula is C24H25FN4O3S. The van der Waals surface area contributed by atoms with E-state index in [0.29, 0.717) is 43.7 Å². The largest absolute Gasteiger partial charge is 0.372 e. The van der Waals surface area contributed by atoms with E-state index in [9.17, 15) is 17.6 Å². The Morgan fingerprint density at radius 2 is 1.85 bits per heavy atom. The molecule has 3 aromatic rings. The van der Waals surface area contributed by atoms with Crippen LogP contribution in [-0.4, -0.2) is 36.3 Å². The number of piperidine rings is 1. The molecular weight excluding hydrogens is 443 g/mol. The second-order valence-electron chi connectivity index (χ2n) is 8.46. The number of sulfonamides is 1. The monoisotopic (exact) mass is 468 g/mol. The molecule has 0 saturated carbocycles. The lowest BCUT2D eigenvalue weighted by molar-refractivity contribution is -0.115. The van der Waals surface area contributed by atoms with Crippen molar-refractivity contribution in [2.24, 2.45) is 0 Å². The summed E-state index contributed by atoms with van der Waals surface area (Å²) >= 11 is 0. The summed E-state index contributed by atoms with van der Waals surface area (Å²) in [6.07, 6.45) is 3.41. The Bertz CT molecular complexity index is 1310. The maximum atomic E-state index is 13.9. The van der Waals surface area contributed by atoms with Gasteiger partial charge in [0.2, 0.25) is 15.9 Å². The van der Waals surface area contributed by atoms with E-state index in [0.717, 1.165) is 11.4 Å². The Hall–Kier alpha value is -3.17. The Balaban J connectivity index is 1.36. The lowest BCUT2D eigenvalue weighted by Crippen LogP contribution is -2.51. The number of nitrogens with zero attached hydrogens (tertiary/aromatic N) is 2.